The van der Waals surface area contributed by atoms with Crippen LogP contribution >= 0.6 is 0 Å². The fraction of sp³-hybridized carbons (Fsp3) is 0.568. The van der Waals surface area contributed by atoms with E-state index in [4.69, 9.17) is 23.7 Å². The number of amides is 3. The molecule has 0 aromatic heterocycles. The van der Waals surface area contributed by atoms with Crippen LogP contribution < -0.4 is 10.1 Å². The zero-order valence-corrected chi connectivity index (χ0v) is 35.5. The topological polar surface area (TPSA) is 204 Å². The summed E-state index contributed by atoms with van der Waals surface area (Å²) in [6.45, 7) is 10.8. The van der Waals surface area contributed by atoms with Crippen molar-refractivity contribution < 1.29 is 62.4 Å². The molecule has 2 aromatic rings. The van der Waals surface area contributed by atoms with Gasteiger partial charge >= 0.3 is 24.1 Å². The molecule has 2 fully saturated rings. The summed E-state index contributed by atoms with van der Waals surface area (Å²) in [5, 5.41) is 13.1. The predicted molar refractivity (Wildman–Crippen MR) is 214 cm³/mol. The van der Waals surface area contributed by atoms with Crippen molar-refractivity contribution >= 4 is 41.6 Å². The van der Waals surface area contributed by atoms with E-state index in [0.29, 0.717) is 41.7 Å². The maximum atomic E-state index is 13.9. The number of aryl methyl sites for hydroxylation is 1. The van der Waals surface area contributed by atoms with Gasteiger partial charge in [0.05, 0.1) is 13.7 Å². The normalized spacial score (nSPS) is 23.8. The summed E-state index contributed by atoms with van der Waals surface area (Å²) in [6.07, 6.45) is -1.57. The first kappa shape index (κ1) is 44.1. The van der Waals surface area contributed by atoms with Crippen LogP contribution in [0.5, 0.6) is 5.75 Å². The predicted octanol–water partition coefficient (Wildman–Crippen LogP) is 5.35. The van der Waals surface area contributed by atoms with Crippen molar-refractivity contribution in [2.24, 2.45) is 11.8 Å². The molecule has 3 amide bonds. The van der Waals surface area contributed by atoms with Gasteiger partial charge in [-0.25, -0.2) is 19.2 Å². The van der Waals surface area contributed by atoms with Gasteiger partial charge in [-0.3, -0.25) is 19.3 Å². The number of likely N-dealkylation sites (tertiary alicyclic amines) is 2. The Bertz CT molecular complexity index is 2080. The molecule has 16 nitrogen and oxygen atoms in total. The van der Waals surface area contributed by atoms with Crippen molar-refractivity contribution in [1.82, 2.24) is 15.1 Å². The second kappa shape index (κ2) is 17.2. The van der Waals surface area contributed by atoms with Crippen LogP contribution in [0.2, 0.25) is 0 Å². The summed E-state index contributed by atoms with van der Waals surface area (Å²) < 4.78 is 27.5. The number of nitrogens with zero attached hydrogens (tertiary/aromatic N) is 2. The molecule has 60 heavy (non-hydrogen) atoms. The number of benzene rings is 2. The van der Waals surface area contributed by atoms with Crippen LogP contribution in [0.3, 0.4) is 0 Å². The standard InChI is InChI=1S/C44H55N3O13/c1-23(2)36(45-41(54)57-8)38(50)47-24(3)9-13-32(47)39(51)59-34-14-11-26-16-31-29-12-10-27(15-28(29)22-58-35(31)17-30(26)37(34)49)33(48)19-44(40(52)53)18-25(21-56-7)20-46(44)42(55)60-43(4,5)6/h10,12,15-17,23-25,32,34,36H,9,11,13-14,18-22H2,1-8H3,(H,45,54)(H,52,53)/t24-,25+,32-,34?,36-,44+/m0/s1. The Hall–Kier alpha value is -5.51. The van der Waals surface area contributed by atoms with E-state index in [1.165, 1.54) is 19.1 Å². The Balaban J connectivity index is 1.18. The van der Waals surface area contributed by atoms with E-state index in [0.717, 1.165) is 16.0 Å². The average Bonchev–Trinajstić information content (AvgIpc) is 3.77. The second-order valence-corrected chi connectivity index (χ2v) is 17.6. The number of carboxylic acids is 1. The van der Waals surface area contributed by atoms with Crippen molar-refractivity contribution in [3.05, 3.63) is 52.6 Å². The summed E-state index contributed by atoms with van der Waals surface area (Å²) in [4.78, 5) is 96.0. The summed E-state index contributed by atoms with van der Waals surface area (Å²) in [6, 6.07) is 6.43. The number of alkyl carbamates (subject to hydrolysis) is 1. The molecule has 1 aliphatic carbocycles. The number of fused-ring (bicyclic) bond motifs is 4. The lowest BCUT2D eigenvalue weighted by molar-refractivity contribution is -0.158. The lowest BCUT2D eigenvalue weighted by atomic mass is 9.83. The molecule has 2 saturated heterocycles. The highest BCUT2D eigenvalue weighted by Gasteiger charge is 2.56. The molecule has 1 unspecified atom stereocenters. The SMILES string of the molecule is COC[C@H]1CN(C(=O)OC(C)(C)C)[C@](CC(=O)c2ccc3c(c2)COc2cc4c(cc2-3)CCC(OC(=O)[C@@H]2CC[C@H](C)N2C(=O)[C@@H](NC(=O)OC)C(C)C)C4=O)(C(=O)O)C1. The zero-order valence-electron chi connectivity index (χ0n) is 35.5. The highest BCUT2D eigenvalue weighted by Crippen LogP contribution is 2.43. The molecule has 6 rings (SSSR count). The number of Topliss-reactive ketones (excluding diaryl/α,β-unsaturated/α-hetero) is 2. The molecule has 3 aliphatic heterocycles. The van der Waals surface area contributed by atoms with Gasteiger partial charge in [0, 0.05) is 48.7 Å². The largest absolute Gasteiger partial charge is 0.488 e. The second-order valence-electron chi connectivity index (χ2n) is 17.6. The smallest absolute Gasteiger partial charge is 0.411 e. The first-order chi connectivity index (χ1) is 28.3. The van der Waals surface area contributed by atoms with Gasteiger partial charge in [-0.2, -0.15) is 0 Å². The average molecular weight is 834 g/mol. The van der Waals surface area contributed by atoms with Gasteiger partial charge < -0.3 is 39.0 Å². The molecule has 0 saturated carbocycles. The van der Waals surface area contributed by atoms with Crippen LogP contribution in [0, 0.1) is 11.8 Å². The number of hydrogen-bond acceptors (Lipinski definition) is 12. The molecule has 4 aliphatic rings. The highest BCUT2D eigenvalue weighted by molar-refractivity contribution is 6.05. The minimum absolute atomic E-state index is 0.0132. The molecule has 324 valence electrons. The minimum Gasteiger partial charge on any atom is -0.488 e. The molecule has 2 N–H and O–H groups in total. The van der Waals surface area contributed by atoms with Gasteiger partial charge in [-0.05, 0) is 101 Å². The number of methoxy groups -OCH3 is 2. The van der Waals surface area contributed by atoms with E-state index in [2.05, 4.69) is 5.32 Å². The lowest BCUT2D eigenvalue weighted by Crippen LogP contribution is -2.56. The van der Waals surface area contributed by atoms with Crippen molar-refractivity contribution in [3.63, 3.8) is 0 Å². The minimum atomic E-state index is -1.84. The molecular weight excluding hydrogens is 778 g/mol. The van der Waals surface area contributed by atoms with E-state index >= 15 is 0 Å². The summed E-state index contributed by atoms with van der Waals surface area (Å²) in [5.74, 6) is -3.44. The molecule has 16 heteroatoms. The van der Waals surface area contributed by atoms with E-state index in [-0.39, 0.29) is 61.8 Å². The van der Waals surface area contributed by atoms with Crippen LogP contribution in [0.4, 0.5) is 9.59 Å². The number of carbonyl (C=O) groups excluding carboxylic acids is 6. The van der Waals surface area contributed by atoms with Crippen molar-refractivity contribution in [2.75, 3.05) is 27.4 Å². The Morgan fingerprint density at radius 3 is 2.37 bits per heavy atom. The number of carboxylic acid groups (broad SMARTS) is 1. The molecule has 0 spiro atoms. The summed E-state index contributed by atoms with van der Waals surface area (Å²) in [5.41, 5.74) is 0.808. The monoisotopic (exact) mass is 833 g/mol. The maximum Gasteiger partial charge on any atom is 0.411 e. The van der Waals surface area contributed by atoms with Gasteiger partial charge in [0.2, 0.25) is 11.7 Å². The first-order valence-corrected chi connectivity index (χ1v) is 20.4. The maximum absolute atomic E-state index is 13.9. The Morgan fingerprint density at radius 2 is 1.72 bits per heavy atom. The Kier molecular flexibility index (Phi) is 12.6. The fourth-order valence-electron chi connectivity index (χ4n) is 8.88. The van der Waals surface area contributed by atoms with Crippen molar-refractivity contribution in [1.29, 1.82) is 0 Å². The van der Waals surface area contributed by atoms with E-state index in [1.54, 1.807) is 58.9 Å². The third-order valence-electron chi connectivity index (χ3n) is 11.8. The van der Waals surface area contributed by atoms with Gasteiger partial charge in [0.1, 0.15) is 30.0 Å². The van der Waals surface area contributed by atoms with Crippen LogP contribution in [-0.2, 0) is 46.4 Å². The van der Waals surface area contributed by atoms with Crippen LogP contribution in [0.15, 0.2) is 30.3 Å². The Morgan fingerprint density at radius 1 is 0.983 bits per heavy atom. The molecule has 0 bridgehead atoms. The van der Waals surface area contributed by atoms with Gasteiger partial charge in [0.25, 0.3) is 0 Å². The number of nitrogens with one attached hydrogen (secondary N) is 1. The highest BCUT2D eigenvalue weighted by atomic mass is 16.6. The van der Waals surface area contributed by atoms with Gasteiger partial charge in [-0.15, -0.1) is 0 Å². The summed E-state index contributed by atoms with van der Waals surface area (Å²) in [7, 11) is 2.70. The van der Waals surface area contributed by atoms with Crippen LogP contribution in [0.25, 0.3) is 11.1 Å². The number of esters is 1. The summed E-state index contributed by atoms with van der Waals surface area (Å²) >= 11 is 0. The van der Waals surface area contributed by atoms with E-state index in [1.807, 2.05) is 13.0 Å². The molecular formula is C44H55N3O13. The quantitative estimate of drug-likeness (QED) is 0.167. The third-order valence-corrected chi connectivity index (χ3v) is 11.8. The van der Waals surface area contributed by atoms with E-state index < -0.39 is 71.6 Å². The molecule has 0 radical (unpaired) electrons. The number of aliphatic carboxylic acids is 1. The van der Waals surface area contributed by atoms with Gasteiger partial charge in [0.15, 0.2) is 17.4 Å². The first-order valence-electron chi connectivity index (χ1n) is 20.4. The number of hydrogen-bond donors (Lipinski definition) is 2. The number of ether oxygens (including phenoxy) is 5. The van der Waals surface area contributed by atoms with Crippen molar-refractivity contribution in [3.8, 4) is 16.9 Å². The third kappa shape index (κ3) is 8.70. The van der Waals surface area contributed by atoms with Crippen LogP contribution in [0.1, 0.15) is 105 Å². The zero-order chi connectivity index (χ0) is 43.8. The number of carbonyl (C=O) groups is 7. The lowest BCUT2D eigenvalue weighted by Gasteiger charge is -2.35. The Labute approximate surface area is 349 Å². The molecule has 3 heterocycles. The fourth-order valence-corrected chi connectivity index (χ4v) is 8.88. The van der Waals surface area contributed by atoms with Gasteiger partial charge in [-0.1, -0.05) is 26.0 Å². The van der Waals surface area contributed by atoms with Crippen LogP contribution in [-0.4, -0.2) is 119 Å². The van der Waals surface area contributed by atoms with Crippen molar-refractivity contribution in [2.45, 2.75) is 122 Å². The number of ketones is 2. The number of rotatable bonds is 11. The molecule has 6 atom stereocenters. The molecule has 2 aromatic carbocycles. The van der Waals surface area contributed by atoms with E-state index in [9.17, 15) is 38.7 Å².